The van der Waals surface area contributed by atoms with Gasteiger partial charge in [0.1, 0.15) is 11.9 Å². The number of benzene rings is 1. The fourth-order valence-corrected chi connectivity index (χ4v) is 2.43. The van der Waals surface area contributed by atoms with Gasteiger partial charge < -0.3 is 5.32 Å². The van der Waals surface area contributed by atoms with E-state index in [1.54, 1.807) is 0 Å². The van der Waals surface area contributed by atoms with Crippen LogP contribution in [0.4, 0.5) is 23.2 Å². The molecular weight excluding hydrogens is 294 g/mol. The molecule has 0 saturated carbocycles. The molecule has 0 amide bonds. The minimum absolute atomic E-state index is 0.0812. The van der Waals surface area contributed by atoms with Crippen molar-refractivity contribution in [3.05, 3.63) is 39.7 Å². The van der Waals surface area contributed by atoms with Crippen molar-refractivity contribution in [2.24, 2.45) is 0 Å². The fraction of sp³-hybridized carbons (Fsp3) is 0.500. The van der Waals surface area contributed by atoms with Crippen molar-refractivity contribution in [1.82, 2.24) is 10.2 Å². The van der Waals surface area contributed by atoms with Crippen molar-refractivity contribution in [2.45, 2.75) is 12.2 Å². The smallest absolute Gasteiger partial charge is 0.314 e. The highest BCUT2D eigenvalue weighted by atomic mass is 19.4. The Morgan fingerprint density at radius 2 is 1.90 bits per heavy atom. The number of rotatable bonds is 3. The summed E-state index contributed by atoms with van der Waals surface area (Å²) in [6.45, 7) is 0.848. The minimum atomic E-state index is -4.73. The molecule has 0 aliphatic carbocycles. The predicted octanol–water partition coefficient (Wildman–Crippen LogP) is 2.24. The van der Waals surface area contributed by atoms with Gasteiger partial charge in [-0.15, -0.1) is 0 Å². The molecule has 1 aliphatic heterocycles. The van der Waals surface area contributed by atoms with Crippen LogP contribution in [0.3, 0.4) is 0 Å². The number of nitro groups is 1. The van der Waals surface area contributed by atoms with E-state index in [9.17, 15) is 27.7 Å². The summed E-state index contributed by atoms with van der Waals surface area (Å²) in [5.41, 5.74) is -1.38. The standard InChI is InChI=1S/C12H13F4N3O2/c13-8-1-2-10(19(20)21)9(7-8)11(12(14,15)16)18-5-3-17-4-6-18/h1-2,7,11,17H,3-6H2/t11-/m0/s1. The summed E-state index contributed by atoms with van der Waals surface area (Å²) in [6, 6.07) is -0.0350. The van der Waals surface area contributed by atoms with E-state index < -0.39 is 34.2 Å². The number of alkyl halides is 3. The van der Waals surface area contributed by atoms with Gasteiger partial charge in [-0.2, -0.15) is 13.2 Å². The van der Waals surface area contributed by atoms with E-state index >= 15 is 0 Å². The molecule has 5 nitrogen and oxygen atoms in total. The lowest BCUT2D eigenvalue weighted by Crippen LogP contribution is -2.49. The Morgan fingerprint density at radius 1 is 1.29 bits per heavy atom. The number of nitrogens with zero attached hydrogens (tertiary/aromatic N) is 2. The van der Waals surface area contributed by atoms with Crippen molar-refractivity contribution in [1.29, 1.82) is 0 Å². The number of nitro benzene ring substituents is 1. The SMILES string of the molecule is O=[N+]([O-])c1ccc(F)cc1[C@H](N1CCNCC1)C(F)(F)F. The largest absolute Gasteiger partial charge is 0.408 e. The van der Waals surface area contributed by atoms with Gasteiger partial charge in [0.2, 0.25) is 0 Å². The van der Waals surface area contributed by atoms with E-state index in [0.29, 0.717) is 19.2 Å². The Bertz CT molecular complexity index is 530. The van der Waals surface area contributed by atoms with E-state index in [1.165, 1.54) is 0 Å². The van der Waals surface area contributed by atoms with Gasteiger partial charge in [-0.1, -0.05) is 0 Å². The highest BCUT2D eigenvalue weighted by Gasteiger charge is 2.47. The molecule has 1 aliphatic rings. The van der Waals surface area contributed by atoms with Crippen molar-refractivity contribution in [3.8, 4) is 0 Å². The Kier molecular flexibility index (Phi) is 4.43. The summed E-state index contributed by atoms with van der Waals surface area (Å²) in [4.78, 5) is 11.1. The highest BCUT2D eigenvalue weighted by Crippen LogP contribution is 2.41. The van der Waals surface area contributed by atoms with E-state index in [0.717, 1.165) is 17.0 Å². The maximum atomic E-state index is 13.4. The summed E-state index contributed by atoms with van der Waals surface area (Å²) in [5.74, 6) is -0.931. The first kappa shape index (κ1) is 15.6. The van der Waals surface area contributed by atoms with E-state index in [1.807, 2.05) is 0 Å². The number of nitrogens with one attached hydrogen (secondary N) is 1. The second-order valence-electron chi connectivity index (χ2n) is 4.69. The van der Waals surface area contributed by atoms with Gasteiger partial charge in [0.25, 0.3) is 5.69 Å². The second kappa shape index (κ2) is 5.94. The molecule has 1 heterocycles. The molecule has 1 atom stereocenters. The Hall–Kier alpha value is -1.74. The molecule has 2 rings (SSSR count). The third-order valence-corrected chi connectivity index (χ3v) is 3.31. The molecule has 9 heteroatoms. The first-order valence-corrected chi connectivity index (χ1v) is 6.26. The second-order valence-corrected chi connectivity index (χ2v) is 4.69. The quantitative estimate of drug-likeness (QED) is 0.528. The van der Waals surface area contributed by atoms with Crippen LogP contribution in [0.25, 0.3) is 0 Å². The monoisotopic (exact) mass is 307 g/mol. The number of piperazine rings is 1. The Labute approximate surface area is 117 Å². The molecule has 116 valence electrons. The molecule has 1 N–H and O–H groups in total. The topological polar surface area (TPSA) is 58.4 Å². The first-order chi connectivity index (χ1) is 9.80. The van der Waals surface area contributed by atoms with E-state index in [2.05, 4.69) is 5.32 Å². The molecule has 0 aromatic heterocycles. The zero-order valence-electron chi connectivity index (χ0n) is 10.9. The van der Waals surface area contributed by atoms with Crippen molar-refractivity contribution < 1.29 is 22.5 Å². The van der Waals surface area contributed by atoms with Crippen molar-refractivity contribution in [2.75, 3.05) is 26.2 Å². The van der Waals surface area contributed by atoms with Gasteiger partial charge in [0, 0.05) is 32.2 Å². The molecule has 0 bridgehead atoms. The van der Waals surface area contributed by atoms with E-state index in [-0.39, 0.29) is 13.1 Å². The van der Waals surface area contributed by atoms with Crippen molar-refractivity contribution in [3.63, 3.8) is 0 Å². The van der Waals surface area contributed by atoms with Crippen LogP contribution in [-0.2, 0) is 0 Å². The zero-order valence-corrected chi connectivity index (χ0v) is 10.9. The van der Waals surface area contributed by atoms with Crippen molar-refractivity contribution >= 4 is 5.69 Å². The van der Waals surface area contributed by atoms with Gasteiger partial charge in [-0.25, -0.2) is 4.39 Å². The number of hydrogen-bond donors (Lipinski definition) is 1. The molecule has 0 unspecified atom stereocenters. The fourth-order valence-electron chi connectivity index (χ4n) is 2.43. The number of halogens is 4. The summed E-state index contributed by atoms with van der Waals surface area (Å²) < 4.78 is 53.4. The highest BCUT2D eigenvalue weighted by molar-refractivity contribution is 5.43. The lowest BCUT2D eigenvalue weighted by atomic mass is 10.0. The van der Waals surface area contributed by atoms with Crippen LogP contribution in [-0.4, -0.2) is 42.2 Å². The van der Waals surface area contributed by atoms with Gasteiger partial charge >= 0.3 is 6.18 Å². The predicted molar refractivity (Wildman–Crippen MR) is 66.3 cm³/mol. The molecule has 21 heavy (non-hydrogen) atoms. The van der Waals surface area contributed by atoms with Crippen LogP contribution in [0.5, 0.6) is 0 Å². The van der Waals surface area contributed by atoms with E-state index in [4.69, 9.17) is 0 Å². The van der Waals surface area contributed by atoms with Crippen LogP contribution < -0.4 is 5.32 Å². The minimum Gasteiger partial charge on any atom is -0.314 e. The van der Waals surface area contributed by atoms with Crippen LogP contribution in [0.2, 0.25) is 0 Å². The zero-order chi connectivity index (χ0) is 15.6. The summed E-state index contributed by atoms with van der Waals surface area (Å²) in [6.07, 6.45) is -4.73. The normalized spacial score (nSPS) is 18.5. The third kappa shape index (κ3) is 3.48. The Balaban J connectivity index is 2.50. The maximum Gasteiger partial charge on any atom is 0.408 e. The lowest BCUT2D eigenvalue weighted by Gasteiger charge is -2.35. The molecule has 1 aromatic rings. The number of hydrogen-bond acceptors (Lipinski definition) is 4. The summed E-state index contributed by atoms with van der Waals surface area (Å²) in [7, 11) is 0. The first-order valence-electron chi connectivity index (χ1n) is 6.26. The average molecular weight is 307 g/mol. The lowest BCUT2D eigenvalue weighted by molar-refractivity contribution is -0.386. The van der Waals surface area contributed by atoms with Gasteiger partial charge in [-0.3, -0.25) is 15.0 Å². The Morgan fingerprint density at radius 3 is 2.43 bits per heavy atom. The van der Waals surface area contributed by atoms with Gasteiger partial charge in [0.05, 0.1) is 10.5 Å². The summed E-state index contributed by atoms with van der Waals surface area (Å²) >= 11 is 0. The van der Waals surface area contributed by atoms with Crippen LogP contribution >= 0.6 is 0 Å². The molecule has 0 spiro atoms. The maximum absolute atomic E-state index is 13.4. The van der Waals surface area contributed by atoms with Crippen LogP contribution in [0.15, 0.2) is 18.2 Å². The third-order valence-electron chi connectivity index (χ3n) is 3.31. The molecule has 1 aromatic carbocycles. The van der Waals surface area contributed by atoms with Gasteiger partial charge in [-0.05, 0) is 12.1 Å². The molecular formula is C12H13F4N3O2. The average Bonchev–Trinajstić information content (AvgIpc) is 2.38. The molecule has 1 saturated heterocycles. The van der Waals surface area contributed by atoms with Crippen LogP contribution in [0.1, 0.15) is 11.6 Å². The molecule has 0 radical (unpaired) electrons. The van der Waals surface area contributed by atoms with Gasteiger partial charge in [0.15, 0.2) is 0 Å². The van der Waals surface area contributed by atoms with Crippen LogP contribution in [0, 0.1) is 15.9 Å². The summed E-state index contributed by atoms with van der Waals surface area (Å²) in [5, 5.41) is 13.8. The molecule has 1 fully saturated rings.